The smallest absolute Gasteiger partial charge is 0.163 e. The van der Waals surface area contributed by atoms with Crippen LogP contribution in [0.5, 0.6) is 0 Å². The Bertz CT molecular complexity index is 437. The SMILES string of the molecule is COC1(C(NN)c2cccc(F)c2F)CCOCC1. The highest BCUT2D eigenvalue weighted by atomic mass is 19.2. The quantitative estimate of drug-likeness (QED) is 0.646. The zero-order valence-corrected chi connectivity index (χ0v) is 10.8. The highest BCUT2D eigenvalue weighted by molar-refractivity contribution is 5.25. The van der Waals surface area contributed by atoms with Gasteiger partial charge in [-0.15, -0.1) is 0 Å². The van der Waals surface area contributed by atoms with E-state index in [1.54, 1.807) is 7.11 Å². The zero-order chi connectivity index (χ0) is 13.9. The predicted molar refractivity (Wildman–Crippen MR) is 66.2 cm³/mol. The van der Waals surface area contributed by atoms with Crippen LogP contribution in [-0.2, 0) is 9.47 Å². The number of ether oxygens (including phenoxy) is 2. The van der Waals surface area contributed by atoms with Crippen molar-refractivity contribution in [1.82, 2.24) is 5.43 Å². The Morgan fingerprint density at radius 1 is 1.37 bits per heavy atom. The van der Waals surface area contributed by atoms with Crippen molar-refractivity contribution in [2.75, 3.05) is 20.3 Å². The Balaban J connectivity index is 2.40. The molecule has 6 heteroatoms. The van der Waals surface area contributed by atoms with Gasteiger partial charge in [0.2, 0.25) is 0 Å². The summed E-state index contributed by atoms with van der Waals surface area (Å²) in [6.07, 6.45) is 1.13. The Morgan fingerprint density at radius 3 is 2.63 bits per heavy atom. The topological polar surface area (TPSA) is 56.5 Å². The van der Waals surface area contributed by atoms with Crippen LogP contribution in [-0.4, -0.2) is 25.9 Å². The molecule has 0 aliphatic carbocycles. The summed E-state index contributed by atoms with van der Waals surface area (Å²) in [5.41, 5.74) is 2.04. The molecule has 0 spiro atoms. The van der Waals surface area contributed by atoms with Gasteiger partial charge in [0.05, 0.1) is 11.6 Å². The van der Waals surface area contributed by atoms with Gasteiger partial charge in [0.15, 0.2) is 11.6 Å². The van der Waals surface area contributed by atoms with Crippen LogP contribution in [0.15, 0.2) is 18.2 Å². The zero-order valence-electron chi connectivity index (χ0n) is 10.8. The van der Waals surface area contributed by atoms with E-state index in [0.717, 1.165) is 6.07 Å². The van der Waals surface area contributed by atoms with Crippen molar-refractivity contribution in [3.05, 3.63) is 35.4 Å². The van der Waals surface area contributed by atoms with Crippen molar-refractivity contribution in [1.29, 1.82) is 0 Å². The van der Waals surface area contributed by atoms with Gasteiger partial charge in [-0.3, -0.25) is 5.84 Å². The van der Waals surface area contributed by atoms with Crippen molar-refractivity contribution < 1.29 is 18.3 Å². The van der Waals surface area contributed by atoms with Crippen LogP contribution in [0.4, 0.5) is 8.78 Å². The Kier molecular flexibility index (Phi) is 4.46. The second kappa shape index (κ2) is 5.92. The van der Waals surface area contributed by atoms with E-state index >= 15 is 0 Å². The van der Waals surface area contributed by atoms with Crippen LogP contribution in [0.25, 0.3) is 0 Å². The Morgan fingerprint density at radius 2 is 2.05 bits per heavy atom. The Labute approximate surface area is 110 Å². The molecular weight excluding hydrogens is 254 g/mol. The van der Waals surface area contributed by atoms with Gasteiger partial charge >= 0.3 is 0 Å². The van der Waals surface area contributed by atoms with Gasteiger partial charge in [-0.05, 0) is 6.07 Å². The molecule has 0 radical (unpaired) electrons. The molecule has 4 nitrogen and oxygen atoms in total. The maximum Gasteiger partial charge on any atom is 0.163 e. The molecule has 3 N–H and O–H groups in total. The number of hydrogen-bond acceptors (Lipinski definition) is 4. The molecule has 106 valence electrons. The number of rotatable bonds is 4. The van der Waals surface area contributed by atoms with E-state index in [-0.39, 0.29) is 5.56 Å². The highest BCUT2D eigenvalue weighted by Gasteiger charge is 2.42. The van der Waals surface area contributed by atoms with Crippen LogP contribution in [0.3, 0.4) is 0 Å². The number of methoxy groups -OCH3 is 1. The van der Waals surface area contributed by atoms with E-state index in [2.05, 4.69) is 5.43 Å². The minimum atomic E-state index is -0.895. The second-order valence-corrected chi connectivity index (χ2v) is 4.62. The molecule has 1 aromatic carbocycles. The van der Waals surface area contributed by atoms with Crippen molar-refractivity contribution in [2.45, 2.75) is 24.5 Å². The molecule has 1 unspecified atom stereocenters. The first-order valence-electron chi connectivity index (χ1n) is 6.17. The number of nitrogens with one attached hydrogen (secondary N) is 1. The number of benzene rings is 1. The van der Waals surface area contributed by atoms with Crippen LogP contribution in [0.2, 0.25) is 0 Å². The lowest BCUT2D eigenvalue weighted by Gasteiger charge is -2.42. The van der Waals surface area contributed by atoms with Crippen LogP contribution in [0, 0.1) is 11.6 Å². The van der Waals surface area contributed by atoms with Crippen molar-refractivity contribution in [3.63, 3.8) is 0 Å². The lowest BCUT2D eigenvalue weighted by molar-refractivity contribution is -0.112. The first-order valence-corrected chi connectivity index (χ1v) is 6.17. The minimum Gasteiger partial charge on any atom is -0.381 e. The lowest BCUT2D eigenvalue weighted by atomic mass is 9.82. The Hall–Kier alpha value is -1.08. The van der Waals surface area contributed by atoms with E-state index < -0.39 is 23.3 Å². The molecule has 0 amide bonds. The van der Waals surface area contributed by atoms with Crippen molar-refractivity contribution >= 4 is 0 Å². The summed E-state index contributed by atoms with van der Waals surface area (Å²) < 4.78 is 38.2. The van der Waals surface area contributed by atoms with Crippen LogP contribution in [0.1, 0.15) is 24.4 Å². The monoisotopic (exact) mass is 272 g/mol. The van der Waals surface area contributed by atoms with Gasteiger partial charge < -0.3 is 9.47 Å². The predicted octanol–water partition coefficient (Wildman–Crippen LogP) is 1.66. The van der Waals surface area contributed by atoms with Gasteiger partial charge in [-0.25, -0.2) is 14.2 Å². The second-order valence-electron chi connectivity index (χ2n) is 4.62. The summed E-state index contributed by atoms with van der Waals surface area (Å²) in [5, 5.41) is 0. The summed E-state index contributed by atoms with van der Waals surface area (Å²) in [6, 6.07) is 3.42. The molecule has 1 aliphatic rings. The first-order chi connectivity index (χ1) is 9.14. The fraction of sp³-hybridized carbons (Fsp3) is 0.538. The molecule has 1 atom stereocenters. The summed E-state index contributed by atoms with van der Waals surface area (Å²) >= 11 is 0. The van der Waals surface area contributed by atoms with Gasteiger partial charge in [-0.1, -0.05) is 12.1 Å². The highest BCUT2D eigenvalue weighted by Crippen LogP contribution is 2.38. The standard InChI is InChI=1S/C13H18F2N2O2/c1-18-13(5-7-19-8-6-13)12(17-16)9-3-2-4-10(14)11(9)15/h2-4,12,17H,5-8,16H2,1H3. The molecular formula is C13H18F2N2O2. The summed E-state index contributed by atoms with van der Waals surface area (Å²) in [4.78, 5) is 0. The lowest BCUT2D eigenvalue weighted by Crippen LogP contribution is -2.51. The maximum absolute atomic E-state index is 13.9. The van der Waals surface area contributed by atoms with Crippen LogP contribution >= 0.6 is 0 Å². The summed E-state index contributed by atoms with van der Waals surface area (Å²) in [6.45, 7) is 1.01. The molecule has 0 bridgehead atoms. The molecule has 0 saturated carbocycles. The molecule has 1 aromatic rings. The van der Waals surface area contributed by atoms with E-state index in [0.29, 0.717) is 26.1 Å². The third kappa shape index (κ3) is 2.62. The summed E-state index contributed by atoms with van der Waals surface area (Å²) in [5.74, 6) is 3.77. The van der Waals surface area contributed by atoms with E-state index in [4.69, 9.17) is 15.3 Å². The number of hydrazine groups is 1. The van der Waals surface area contributed by atoms with Crippen molar-refractivity contribution in [2.24, 2.45) is 5.84 Å². The van der Waals surface area contributed by atoms with Gasteiger partial charge in [-0.2, -0.15) is 0 Å². The third-order valence-electron chi connectivity index (χ3n) is 3.73. The third-order valence-corrected chi connectivity index (χ3v) is 3.73. The maximum atomic E-state index is 13.9. The fourth-order valence-electron chi connectivity index (χ4n) is 2.60. The fourth-order valence-corrected chi connectivity index (χ4v) is 2.60. The number of hydrogen-bond donors (Lipinski definition) is 2. The molecule has 2 rings (SSSR count). The van der Waals surface area contributed by atoms with E-state index in [9.17, 15) is 8.78 Å². The van der Waals surface area contributed by atoms with Crippen LogP contribution < -0.4 is 11.3 Å². The van der Waals surface area contributed by atoms with E-state index in [1.807, 2.05) is 0 Å². The van der Waals surface area contributed by atoms with E-state index in [1.165, 1.54) is 12.1 Å². The first kappa shape index (κ1) is 14.3. The molecule has 19 heavy (non-hydrogen) atoms. The average molecular weight is 272 g/mol. The average Bonchev–Trinajstić information content (AvgIpc) is 2.45. The molecule has 1 heterocycles. The molecule has 1 fully saturated rings. The van der Waals surface area contributed by atoms with Gasteiger partial charge in [0.1, 0.15) is 0 Å². The van der Waals surface area contributed by atoms with Crippen molar-refractivity contribution in [3.8, 4) is 0 Å². The number of halogens is 2. The largest absolute Gasteiger partial charge is 0.381 e. The summed E-state index contributed by atoms with van der Waals surface area (Å²) in [7, 11) is 1.55. The molecule has 0 aromatic heterocycles. The molecule has 1 saturated heterocycles. The normalized spacial score (nSPS) is 20.2. The minimum absolute atomic E-state index is 0.172. The van der Waals surface area contributed by atoms with Gasteiger partial charge in [0.25, 0.3) is 0 Å². The number of nitrogens with two attached hydrogens (primary N) is 1. The molecule has 1 aliphatic heterocycles. The van der Waals surface area contributed by atoms with Gasteiger partial charge in [0, 0.05) is 38.7 Å².